The summed E-state index contributed by atoms with van der Waals surface area (Å²) in [6.07, 6.45) is 2.09. The number of hydrogen-bond acceptors (Lipinski definition) is 2. The molecule has 1 aromatic carbocycles. The van der Waals surface area contributed by atoms with Crippen molar-refractivity contribution in [3.63, 3.8) is 0 Å². The van der Waals surface area contributed by atoms with Crippen LogP contribution in [0.25, 0.3) is 0 Å². The van der Waals surface area contributed by atoms with Crippen LogP contribution in [0.2, 0.25) is 0 Å². The fraction of sp³-hybridized carbons (Fsp3) is 0.500. The van der Waals surface area contributed by atoms with Crippen molar-refractivity contribution in [1.82, 2.24) is 4.90 Å². The third kappa shape index (κ3) is 4.43. The SMILES string of the molecule is CCCCN(C)C(=O)CCNc1ccc(F)c(F)c1F. The standard InChI is InChI=1S/C14H19F3N2O/c1-3-4-9-19(2)12(20)7-8-18-11-6-5-10(15)13(16)14(11)17/h5-6,18H,3-4,7-9H2,1-2H3. The molecule has 0 saturated carbocycles. The minimum Gasteiger partial charge on any atom is -0.382 e. The molecule has 1 amide bonds. The average molecular weight is 288 g/mol. The summed E-state index contributed by atoms with van der Waals surface area (Å²) in [4.78, 5) is 13.3. The highest BCUT2D eigenvalue weighted by atomic mass is 19.2. The topological polar surface area (TPSA) is 32.3 Å². The molecule has 0 aliphatic rings. The lowest BCUT2D eigenvalue weighted by Gasteiger charge is -2.17. The van der Waals surface area contributed by atoms with Crippen LogP contribution in [-0.4, -0.2) is 30.9 Å². The van der Waals surface area contributed by atoms with Crippen molar-refractivity contribution >= 4 is 11.6 Å². The lowest BCUT2D eigenvalue weighted by atomic mass is 10.2. The van der Waals surface area contributed by atoms with Gasteiger partial charge in [-0.25, -0.2) is 13.2 Å². The van der Waals surface area contributed by atoms with E-state index in [2.05, 4.69) is 5.32 Å². The van der Waals surface area contributed by atoms with Crippen molar-refractivity contribution in [3.05, 3.63) is 29.6 Å². The molecule has 6 heteroatoms. The first kappa shape index (κ1) is 16.3. The predicted octanol–water partition coefficient (Wildman–Crippen LogP) is 3.16. The Morgan fingerprint density at radius 2 is 1.95 bits per heavy atom. The molecule has 0 spiro atoms. The van der Waals surface area contributed by atoms with Gasteiger partial charge in [-0.1, -0.05) is 13.3 Å². The Hall–Kier alpha value is -1.72. The van der Waals surface area contributed by atoms with Crippen molar-refractivity contribution in [2.24, 2.45) is 0 Å². The van der Waals surface area contributed by atoms with Gasteiger partial charge in [0, 0.05) is 26.6 Å². The first-order valence-electron chi connectivity index (χ1n) is 6.58. The third-order valence-corrected chi connectivity index (χ3v) is 2.96. The van der Waals surface area contributed by atoms with Crippen molar-refractivity contribution in [1.29, 1.82) is 0 Å². The fourth-order valence-corrected chi connectivity index (χ4v) is 1.68. The Morgan fingerprint density at radius 3 is 2.60 bits per heavy atom. The fourth-order valence-electron chi connectivity index (χ4n) is 1.68. The third-order valence-electron chi connectivity index (χ3n) is 2.96. The first-order chi connectivity index (χ1) is 9.47. The number of anilines is 1. The van der Waals surface area contributed by atoms with Gasteiger partial charge in [0.15, 0.2) is 17.5 Å². The Morgan fingerprint density at radius 1 is 1.25 bits per heavy atom. The Labute approximate surface area is 116 Å². The van der Waals surface area contributed by atoms with Gasteiger partial charge in [0.2, 0.25) is 5.91 Å². The molecule has 3 nitrogen and oxygen atoms in total. The first-order valence-corrected chi connectivity index (χ1v) is 6.58. The van der Waals surface area contributed by atoms with E-state index in [4.69, 9.17) is 0 Å². The molecule has 1 rings (SSSR count). The van der Waals surface area contributed by atoms with Crippen LogP contribution in [0.1, 0.15) is 26.2 Å². The quantitative estimate of drug-likeness (QED) is 0.782. The molecule has 112 valence electrons. The smallest absolute Gasteiger partial charge is 0.224 e. The lowest BCUT2D eigenvalue weighted by Crippen LogP contribution is -2.29. The van der Waals surface area contributed by atoms with Crippen LogP contribution >= 0.6 is 0 Å². The van der Waals surface area contributed by atoms with E-state index < -0.39 is 17.5 Å². The molecule has 0 bridgehead atoms. The Kier molecular flexibility index (Phi) is 6.35. The normalized spacial score (nSPS) is 10.4. The Bertz CT molecular complexity index is 466. The molecular weight excluding hydrogens is 269 g/mol. The zero-order valence-corrected chi connectivity index (χ0v) is 11.7. The van der Waals surface area contributed by atoms with Crippen LogP contribution in [0.5, 0.6) is 0 Å². The molecule has 0 aromatic heterocycles. The molecule has 0 atom stereocenters. The number of carbonyl (C=O) groups is 1. The lowest BCUT2D eigenvalue weighted by molar-refractivity contribution is -0.129. The van der Waals surface area contributed by atoms with Crippen LogP contribution in [0.3, 0.4) is 0 Å². The number of unbranched alkanes of at least 4 members (excludes halogenated alkanes) is 1. The van der Waals surface area contributed by atoms with Crippen molar-refractivity contribution in [2.45, 2.75) is 26.2 Å². The van der Waals surface area contributed by atoms with E-state index in [-0.39, 0.29) is 24.6 Å². The van der Waals surface area contributed by atoms with E-state index in [1.165, 1.54) is 0 Å². The molecular formula is C14H19F3N2O. The van der Waals surface area contributed by atoms with Crippen LogP contribution in [0.15, 0.2) is 12.1 Å². The summed E-state index contributed by atoms with van der Waals surface area (Å²) in [5.74, 6) is -4.09. The number of benzene rings is 1. The zero-order chi connectivity index (χ0) is 15.1. The molecule has 20 heavy (non-hydrogen) atoms. The van der Waals surface area contributed by atoms with Gasteiger partial charge >= 0.3 is 0 Å². The van der Waals surface area contributed by atoms with Gasteiger partial charge in [0.25, 0.3) is 0 Å². The summed E-state index contributed by atoms with van der Waals surface area (Å²) >= 11 is 0. The van der Waals surface area contributed by atoms with E-state index in [9.17, 15) is 18.0 Å². The van der Waals surface area contributed by atoms with Crippen LogP contribution < -0.4 is 5.32 Å². The van der Waals surface area contributed by atoms with Gasteiger partial charge in [-0.2, -0.15) is 0 Å². The van der Waals surface area contributed by atoms with E-state index in [0.29, 0.717) is 6.54 Å². The van der Waals surface area contributed by atoms with Gasteiger partial charge in [0.1, 0.15) is 0 Å². The summed E-state index contributed by atoms with van der Waals surface area (Å²) in [6.45, 7) is 2.87. The molecule has 0 saturated heterocycles. The predicted molar refractivity (Wildman–Crippen MR) is 72.0 cm³/mol. The molecule has 1 N–H and O–H groups in total. The molecule has 0 aliphatic carbocycles. The average Bonchev–Trinajstić information content (AvgIpc) is 2.44. The number of halogens is 3. The number of nitrogens with one attached hydrogen (secondary N) is 1. The second kappa shape index (κ2) is 7.77. The number of amides is 1. The number of carbonyl (C=O) groups excluding carboxylic acids is 1. The zero-order valence-electron chi connectivity index (χ0n) is 11.7. The van der Waals surface area contributed by atoms with E-state index in [0.717, 1.165) is 25.0 Å². The maximum absolute atomic E-state index is 13.3. The second-order valence-electron chi connectivity index (χ2n) is 4.57. The van der Waals surface area contributed by atoms with Gasteiger partial charge in [0.05, 0.1) is 5.69 Å². The highest BCUT2D eigenvalue weighted by Crippen LogP contribution is 2.19. The second-order valence-corrected chi connectivity index (χ2v) is 4.57. The van der Waals surface area contributed by atoms with E-state index in [1.807, 2.05) is 6.92 Å². The van der Waals surface area contributed by atoms with Crippen LogP contribution in [-0.2, 0) is 4.79 Å². The van der Waals surface area contributed by atoms with Gasteiger partial charge in [-0.15, -0.1) is 0 Å². The largest absolute Gasteiger partial charge is 0.382 e. The van der Waals surface area contributed by atoms with Crippen molar-refractivity contribution in [2.75, 3.05) is 25.5 Å². The van der Waals surface area contributed by atoms with Crippen molar-refractivity contribution in [3.8, 4) is 0 Å². The Balaban J connectivity index is 2.45. The summed E-state index contributed by atoms with van der Waals surface area (Å²) < 4.78 is 39.0. The molecule has 0 heterocycles. The van der Waals surface area contributed by atoms with E-state index in [1.54, 1.807) is 11.9 Å². The van der Waals surface area contributed by atoms with E-state index >= 15 is 0 Å². The van der Waals surface area contributed by atoms with Crippen LogP contribution in [0.4, 0.5) is 18.9 Å². The van der Waals surface area contributed by atoms with Crippen molar-refractivity contribution < 1.29 is 18.0 Å². The molecule has 0 unspecified atom stereocenters. The molecule has 0 aliphatic heterocycles. The highest BCUT2D eigenvalue weighted by Gasteiger charge is 2.13. The molecule has 1 aromatic rings. The summed E-state index contributed by atoms with van der Waals surface area (Å²) in [6, 6.07) is 1.95. The van der Waals surface area contributed by atoms with Crippen LogP contribution in [0, 0.1) is 17.5 Å². The maximum Gasteiger partial charge on any atom is 0.224 e. The molecule has 0 fully saturated rings. The number of rotatable bonds is 7. The van der Waals surface area contributed by atoms with Gasteiger partial charge < -0.3 is 10.2 Å². The summed E-state index contributed by atoms with van der Waals surface area (Å²) in [7, 11) is 1.70. The summed E-state index contributed by atoms with van der Waals surface area (Å²) in [5.41, 5.74) is -0.145. The summed E-state index contributed by atoms with van der Waals surface area (Å²) in [5, 5.41) is 2.59. The maximum atomic E-state index is 13.3. The highest BCUT2D eigenvalue weighted by molar-refractivity contribution is 5.76. The minimum absolute atomic E-state index is 0.0751. The van der Waals surface area contributed by atoms with Gasteiger partial charge in [-0.05, 0) is 18.6 Å². The molecule has 0 radical (unpaired) electrons. The number of hydrogen-bond donors (Lipinski definition) is 1. The number of nitrogens with zero attached hydrogens (tertiary/aromatic N) is 1. The van der Waals surface area contributed by atoms with Gasteiger partial charge in [-0.3, -0.25) is 4.79 Å². The minimum atomic E-state index is -1.51. The monoisotopic (exact) mass is 288 g/mol.